The van der Waals surface area contributed by atoms with Crippen molar-refractivity contribution in [2.24, 2.45) is 5.92 Å². The van der Waals surface area contributed by atoms with E-state index in [1.165, 1.54) is 0 Å². The average Bonchev–Trinajstić information content (AvgIpc) is 2.73. The lowest BCUT2D eigenvalue weighted by Crippen LogP contribution is -2.24. The quantitative estimate of drug-likeness (QED) is 0.837. The Morgan fingerprint density at radius 3 is 2.61 bits per heavy atom. The number of nitrogens with zero attached hydrogens (tertiary/aromatic N) is 2. The predicted molar refractivity (Wildman–Crippen MR) is 60.2 cm³/mol. The molecule has 0 unspecified atom stereocenters. The summed E-state index contributed by atoms with van der Waals surface area (Å²) in [4.78, 5) is 0. The maximum absolute atomic E-state index is 12.9. The number of ether oxygens (including phenoxy) is 1. The molecule has 0 radical (unpaired) electrons. The molecule has 0 bridgehead atoms. The molecule has 0 aromatic carbocycles. The lowest BCUT2D eigenvalue weighted by Gasteiger charge is -2.23. The first-order valence-corrected chi connectivity index (χ1v) is 6.22. The molecule has 0 aliphatic carbocycles. The topological polar surface area (TPSA) is 27.1 Å². The first-order chi connectivity index (χ1) is 8.50. The van der Waals surface area contributed by atoms with Gasteiger partial charge in [-0.1, -0.05) is 6.92 Å². The maximum Gasteiger partial charge on any atom is 0.433 e. The number of hydrogen-bond acceptors (Lipinski definition) is 2. The van der Waals surface area contributed by atoms with Crippen LogP contribution in [0, 0.1) is 5.92 Å². The van der Waals surface area contributed by atoms with Gasteiger partial charge < -0.3 is 4.74 Å². The van der Waals surface area contributed by atoms with Crippen LogP contribution in [-0.2, 0) is 23.9 Å². The van der Waals surface area contributed by atoms with Crippen LogP contribution in [-0.4, -0.2) is 23.0 Å². The van der Waals surface area contributed by atoms with Crippen molar-refractivity contribution in [3.8, 4) is 0 Å². The second-order valence-corrected chi connectivity index (χ2v) is 4.61. The third kappa shape index (κ3) is 3.04. The van der Waals surface area contributed by atoms with E-state index < -0.39 is 11.9 Å². The number of aryl methyl sites for hydroxylation is 1. The van der Waals surface area contributed by atoms with Crippen molar-refractivity contribution < 1.29 is 17.9 Å². The van der Waals surface area contributed by atoms with Crippen molar-refractivity contribution >= 4 is 0 Å². The molecule has 1 aliphatic heterocycles. The maximum atomic E-state index is 12.9. The smallest absolute Gasteiger partial charge is 0.381 e. The van der Waals surface area contributed by atoms with Crippen LogP contribution in [0.25, 0.3) is 0 Å². The van der Waals surface area contributed by atoms with Gasteiger partial charge in [0.1, 0.15) is 5.69 Å². The van der Waals surface area contributed by atoms with Gasteiger partial charge in [-0.3, -0.25) is 4.68 Å². The molecule has 1 saturated heterocycles. The van der Waals surface area contributed by atoms with E-state index in [9.17, 15) is 13.2 Å². The number of halogens is 3. The molecule has 3 nitrogen and oxygen atoms in total. The average molecular weight is 262 g/mol. The molecule has 0 atom stereocenters. The summed E-state index contributed by atoms with van der Waals surface area (Å²) in [5, 5.41) is 4.05. The van der Waals surface area contributed by atoms with Crippen LogP contribution in [0.2, 0.25) is 0 Å². The highest BCUT2D eigenvalue weighted by Gasteiger charge is 2.36. The minimum absolute atomic E-state index is 0.226. The van der Waals surface area contributed by atoms with Gasteiger partial charge in [-0.25, -0.2) is 0 Å². The number of aromatic nitrogens is 2. The molecular formula is C12H17F3N2O. The van der Waals surface area contributed by atoms with Crippen LogP contribution in [0.4, 0.5) is 13.2 Å². The van der Waals surface area contributed by atoms with E-state index in [2.05, 4.69) is 5.10 Å². The van der Waals surface area contributed by atoms with Crippen molar-refractivity contribution in [3.63, 3.8) is 0 Å². The third-order valence-corrected chi connectivity index (χ3v) is 3.26. The molecule has 1 fully saturated rings. The highest BCUT2D eigenvalue weighted by molar-refractivity contribution is 5.13. The van der Waals surface area contributed by atoms with Gasteiger partial charge in [0.25, 0.3) is 0 Å². The molecule has 0 spiro atoms. The molecule has 2 rings (SSSR count). The molecule has 18 heavy (non-hydrogen) atoms. The lowest BCUT2D eigenvalue weighted by atomic mass is 10.0. The fraction of sp³-hybridized carbons (Fsp3) is 0.750. The van der Waals surface area contributed by atoms with E-state index in [-0.39, 0.29) is 5.92 Å². The molecule has 2 heterocycles. The van der Waals surface area contributed by atoms with Crippen LogP contribution in [0.15, 0.2) is 6.07 Å². The monoisotopic (exact) mass is 262 g/mol. The van der Waals surface area contributed by atoms with Gasteiger partial charge >= 0.3 is 6.18 Å². The van der Waals surface area contributed by atoms with Crippen molar-refractivity contribution in [3.05, 3.63) is 17.5 Å². The van der Waals surface area contributed by atoms with Crippen LogP contribution >= 0.6 is 0 Å². The molecule has 102 valence electrons. The van der Waals surface area contributed by atoms with E-state index in [1.54, 1.807) is 6.92 Å². The number of hydrogen-bond donors (Lipinski definition) is 0. The molecule has 1 aliphatic rings. The molecule has 6 heteroatoms. The van der Waals surface area contributed by atoms with E-state index in [0.717, 1.165) is 23.6 Å². The Hall–Kier alpha value is -1.04. The Morgan fingerprint density at radius 2 is 2.06 bits per heavy atom. The normalized spacial score (nSPS) is 18.2. The largest absolute Gasteiger partial charge is 0.433 e. The van der Waals surface area contributed by atoms with Crippen molar-refractivity contribution in [1.82, 2.24) is 9.78 Å². The van der Waals surface area contributed by atoms with E-state index >= 15 is 0 Å². The van der Waals surface area contributed by atoms with E-state index in [4.69, 9.17) is 4.74 Å². The second-order valence-electron chi connectivity index (χ2n) is 4.61. The van der Waals surface area contributed by atoms with Gasteiger partial charge in [-0.15, -0.1) is 0 Å². The van der Waals surface area contributed by atoms with E-state index in [0.29, 0.717) is 31.9 Å². The summed E-state index contributed by atoms with van der Waals surface area (Å²) in [6, 6.07) is 1.15. The van der Waals surface area contributed by atoms with Gasteiger partial charge in [-0.05, 0) is 31.2 Å². The van der Waals surface area contributed by atoms with Crippen molar-refractivity contribution in [1.29, 1.82) is 0 Å². The van der Waals surface area contributed by atoms with Gasteiger partial charge in [0.05, 0.1) is 5.69 Å². The zero-order valence-electron chi connectivity index (χ0n) is 10.3. The highest BCUT2D eigenvalue weighted by atomic mass is 19.4. The Morgan fingerprint density at radius 1 is 1.39 bits per heavy atom. The summed E-state index contributed by atoms with van der Waals surface area (Å²) in [5.74, 6) is 0.226. The fourth-order valence-corrected chi connectivity index (χ4v) is 2.18. The third-order valence-electron chi connectivity index (χ3n) is 3.26. The first kappa shape index (κ1) is 13.4. The molecule has 1 aromatic heterocycles. The van der Waals surface area contributed by atoms with Crippen LogP contribution in [0.5, 0.6) is 0 Å². The molecule has 0 N–H and O–H groups in total. The minimum atomic E-state index is -4.33. The standard InChI is InChI=1S/C12H17F3N2O/c1-2-10-7-11(12(13,14)15)17(16-10)8-9-3-5-18-6-4-9/h7,9H,2-6,8H2,1H3. The first-order valence-electron chi connectivity index (χ1n) is 6.22. The zero-order valence-corrected chi connectivity index (χ0v) is 10.3. The summed E-state index contributed by atoms with van der Waals surface area (Å²) >= 11 is 0. The summed E-state index contributed by atoms with van der Waals surface area (Å²) in [7, 11) is 0. The van der Waals surface area contributed by atoms with E-state index in [1.807, 2.05) is 0 Å². The van der Waals surface area contributed by atoms with Crippen LogP contribution in [0.1, 0.15) is 31.2 Å². The second kappa shape index (κ2) is 5.30. The molecule has 0 amide bonds. The van der Waals surface area contributed by atoms with Crippen molar-refractivity contribution in [2.45, 2.75) is 38.9 Å². The van der Waals surface area contributed by atoms with Gasteiger partial charge in [0.15, 0.2) is 0 Å². The number of rotatable bonds is 3. The van der Waals surface area contributed by atoms with Gasteiger partial charge in [0.2, 0.25) is 0 Å². The summed E-state index contributed by atoms with van der Waals surface area (Å²) in [6.45, 7) is 3.40. The summed E-state index contributed by atoms with van der Waals surface area (Å²) < 4.78 is 44.9. The summed E-state index contributed by atoms with van der Waals surface area (Å²) in [5.41, 5.74) is -0.139. The Bertz CT molecular complexity index is 395. The number of alkyl halides is 3. The Labute approximate surface area is 104 Å². The van der Waals surface area contributed by atoms with Crippen molar-refractivity contribution in [2.75, 3.05) is 13.2 Å². The lowest BCUT2D eigenvalue weighted by molar-refractivity contribution is -0.144. The zero-order chi connectivity index (χ0) is 13.2. The van der Waals surface area contributed by atoms with Crippen LogP contribution < -0.4 is 0 Å². The summed E-state index contributed by atoms with van der Waals surface area (Å²) in [6.07, 6.45) is -2.20. The molecule has 1 aromatic rings. The Kier molecular flexibility index (Phi) is 3.94. The fourth-order valence-electron chi connectivity index (χ4n) is 2.18. The Balaban J connectivity index is 2.17. The van der Waals surface area contributed by atoms with Crippen LogP contribution in [0.3, 0.4) is 0 Å². The van der Waals surface area contributed by atoms with Gasteiger partial charge in [-0.2, -0.15) is 18.3 Å². The minimum Gasteiger partial charge on any atom is -0.381 e. The highest BCUT2D eigenvalue weighted by Crippen LogP contribution is 2.31. The SMILES string of the molecule is CCc1cc(C(F)(F)F)n(CC2CCOCC2)n1. The van der Waals surface area contributed by atoms with Gasteiger partial charge in [0, 0.05) is 19.8 Å². The molecule has 0 saturated carbocycles. The molecular weight excluding hydrogens is 245 g/mol. The predicted octanol–water partition coefficient (Wildman–Crippen LogP) is 2.89.